The summed E-state index contributed by atoms with van der Waals surface area (Å²) in [6.45, 7) is 11.6. The van der Waals surface area contributed by atoms with Crippen molar-refractivity contribution in [1.29, 1.82) is 5.26 Å². The highest BCUT2D eigenvalue weighted by Gasteiger charge is 2.31. The van der Waals surface area contributed by atoms with Gasteiger partial charge >= 0.3 is 0 Å². The van der Waals surface area contributed by atoms with E-state index in [1.165, 1.54) is 0 Å². The van der Waals surface area contributed by atoms with Gasteiger partial charge in [0.15, 0.2) is 0 Å². The van der Waals surface area contributed by atoms with Crippen LogP contribution in [0.4, 0.5) is 0 Å². The number of hydrogen-bond donors (Lipinski definition) is 1. The number of piperidine rings is 1. The number of fused-ring (bicyclic) bond motifs is 1. The third-order valence-electron chi connectivity index (χ3n) is 8.09. The number of benzene rings is 2. The lowest BCUT2D eigenvalue weighted by Gasteiger charge is -2.41. The number of likely N-dealkylation sites (tertiary alicyclic amines) is 1. The van der Waals surface area contributed by atoms with Crippen LogP contribution in [0.5, 0.6) is 11.5 Å². The van der Waals surface area contributed by atoms with Crippen LogP contribution in [0.25, 0.3) is 22.2 Å². The van der Waals surface area contributed by atoms with E-state index < -0.39 is 0 Å². The zero-order chi connectivity index (χ0) is 27.8. The van der Waals surface area contributed by atoms with Crippen LogP contribution in [0.2, 0.25) is 0 Å². The van der Waals surface area contributed by atoms with Crippen LogP contribution in [-0.4, -0.2) is 63.7 Å². The molecule has 9 nitrogen and oxygen atoms in total. The van der Waals surface area contributed by atoms with Gasteiger partial charge < -0.3 is 14.2 Å². The van der Waals surface area contributed by atoms with Crippen LogP contribution in [0.3, 0.4) is 0 Å². The highest BCUT2D eigenvalue weighted by molar-refractivity contribution is 5.94. The fraction of sp³-hybridized carbons (Fsp3) is 0.419. The molecule has 0 amide bonds. The smallest absolute Gasteiger partial charge is 0.140 e. The van der Waals surface area contributed by atoms with E-state index in [2.05, 4.69) is 37.4 Å². The Bertz CT molecular complexity index is 1560. The Labute approximate surface area is 234 Å². The topological polar surface area (TPSA) is 109 Å². The molecule has 0 saturated carbocycles. The molecule has 40 heavy (non-hydrogen) atoms. The first-order valence-electron chi connectivity index (χ1n) is 13.9. The molecule has 4 aromatic rings. The molecule has 2 fully saturated rings. The zero-order valence-electron chi connectivity index (χ0n) is 23.4. The maximum absolute atomic E-state index is 10.0. The van der Waals surface area contributed by atoms with Gasteiger partial charge in [0, 0.05) is 29.6 Å². The number of H-pyrrole nitrogens is 1. The largest absolute Gasteiger partial charge is 0.489 e. The molecule has 1 N–H and O–H groups in total. The molecule has 2 aromatic heterocycles. The van der Waals surface area contributed by atoms with Gasteiger partial charge in [0.25, 0.3) is 0 Å². The molecule has 9 heteroatoms. The number of nitriles is 1. The number of aromatic amines is 1. The van der Waals surface area contributed by atoms with Gasteiger partial charge in [-0.05, 0) is 82.0 Å². The first kappa shape index (κ1) is 26.2. The SMILES string of the molecule is Cc1cc(-c2n[nH]c3ccc(O[C@H](C)c4c(C)cnnc4C)cc23)cc(C#N)c1OC1CCN(C2COC2)CC1. The third kappa shape index (κ3) is 5.01. The van der Waals surface area contributed by atoms with Crippen molar-refractivity contribution in [1.82, 2.24) is 25.3 Å². The maximum atomic E-state index is 10.0. The number of aromatic nitrogens is 4. The Hall–Kier alpha value is -4.00. The van der Waals surface area contributed by atoms with Gasteiger partial charge in [-0.15, -0.1) is 0 Å². The molecule has 2 aliphatic rings. The van der Waals surface area contributed by atoms with E-state index in [4.69, 9.17) is 14.2 Å². The van der Waals surface area contributed by atoms with E-state index in [0.29, 0.717) is 17.4 Å². The molecule has 4 heterocycles. The molecular weight excluding hydrogens is 504 g/mol. The second-order valence-electron chi connectivity index (χ2n) is 10.9. The number of nitrogens with zero attached hydrogens (tertiary/aromatic N) is 5. The van der Waals surface area contributed by atoms with E-state index in [9.17, 15) is 5.26 Å². The van der Waals surface area contributed by atoms with Gasteiger partial charge in [-0.2, -0.15) is 20.6 Å². The Morgan fingerprint density at radius 2 is 1.90 bits per heavy atom. The van der Waals surface area contributed by atoms with Gasteiger partial charge in [0.2, 0.25) is 0 Å². The van der Waals surface area contributed by atoms with Crippen LogP contribution in [0.1, 0.15) is 53.8 Å². The first-order valence-corrected chi connectivity index (χ1v) is 13.9. The molecule has 0 spiro atoms. The van der Waals surface area contributed by atoms with Crippen molar-refractivity contribution >= 4 is 10.9 Å². The van der Waals surface area contributed by atoms with Gasteiger partial charge in [0.1, 0.15) is 35.5 Å². The minimum Gasteiger partial charge on any atom is -0.489 e. The van der Waals surface area contributed by atoms with Crippen molar-refractivity contribution in [3.63, 3.8) is 0 Å². The fourth-order valence-corrected chi connectivity index (χ4v) is 5.88. The molecular formula is C31H34N6O3. The van der Waals surface area contributed by atoms with Crippen molar-refractivity contribution in [2.75, 3.05) is 26.3 Å². The number of rotatable bonds is 7. The lowest BCUT2D eigenvalue weighted by Crippen LogP contribution is -2.52. The molecule has 2 aliphatic heterocycles. The van der Waals surface area contributed by atoms with Crippen molar-refractivity contribution in [2.45, 2.75) is 58.8 Å². The standard InChI is InChI=1S/C31H34N6O3/c1-18-11-22(12-23(14-32)31(18)40-25-7-9-37(10-8-25)24-16-38-17-24)30-27-13-26(5-6-28(27)35-36-30)39-21(4)29-19(2)15-33-34-20(29)3/h5-6,11-13,15,21,24-25H,7-10,16-17H2,1-4H3,(H,35,36)/t21-/m1/s1. The second-order valence-corrected chi connectivity index (χ2v) is 10.9. The number of aryl methyl sites for hydroxylation is 3. The molecule has 0 unspecified atom stereocenters. The quantitative estimate of drug-likeness (QED) is 0.342. The van der Waals surface area contributed by atoms with E-state index >= 15 is 0 Å². The average Bonchev–Trinajstić information content (AvgIpc) is 3.33. The molecule has 0 aliphatic carbocycles. The van der Waals surface area contributed by atoms with Crippen LogP contribution in [0.15, 0.2) is 36.5 Å². The average molecular weight is 539 g/mol. The highest BCUT2D eigenvalue weighted by atomic mass is 16.5. The van der Waals surface area contributed by atoms with Crippen molar-refractivity contribution in [3.8, 4) is 28.8 Å². The predicted molar refractivity (Wildman–Crippen MR) is 151 cm³/mol. The zero-order valence-corrected chi connectivity index (χ0v) is 23.4. The Morgan fingerprint density at radius 3 is 2.60 bits per heavy atom. The summed E-state index contributed by atoms with van der Waals surface area (Å²) in [5.41, 5.74) is 6.93. The Balaban J connectivity index is 1.24. The fourth-order valence-electron chi connectivity index (χ4n) is 5.88. The molecule has 2 aromatic carbocycles. The maximum Gasteiger partial charge on any atom is 0.140 e. The molecule has 0 radical (unpaired) electrons. The summed E-state index contributed by atoms with van der Waals surface area (Å²) in [6.07, 6.45) is 3.56. The summed E-state index contributed by atoms with van der Waals surface area (Å²) in [4.78, 5) is 2.49. The molecule has 6 rings (SSSR count). The molecule has 1 atom stereocenters. The number of nitrogens with one attached hydrogen (secondary N) is 1. The van der Waals surface area contributed by atoms with E-state index in [0.717, 1.165) is 89.4 Å². The van der Waals surface area contributed by atoms with Gasteiger partial charge in [-0.25, -0.2) is 0 Å². The minimum absolute atomic E-state index is 0.102. The lowest BCUT2D eigenvalue weighted by atomic mass is 10.00. The van der Waals surface area contributed by atoms with Gasteiger partial charge in [-0.3, -0.25) is 10.00 Å². The Kier molecular flexibility index (Phi) is 7.13. The highest BCUT2D eigenvalue weighted by Crippen LogP contribution is 2.36. The summed E-state index contributed by atoms with van der Waals surface area (Å²) in [7, 11) is 0. The van der Waals surface area contributed by atoms with Crippen molar-refractivity contribution in [3.05, 3.63) is 64.5 Å². The van der Waals surface area contributed by atoms with Crippen molar-refractivity contribution < 1.29 is 14.2 Å². The van der Waals surface area contributed by atoms with E-state index in [1.807, 2.05) is 52.0 Å². The van der Waals surface area contributed by atoms with Crippen LogP contribution >= 0.6 is 0 Å². The van der Waals surface area contributed by atoms with E-state index in [-0.39, 0.29) is 12.2 Å². The summed E-state index contributed by atoms with van der Waals surface area (Å²) in [6, 6.07) is 12.7. The monoisotopic (exact) mass is 538 g/mol. The molecule has 0 bridgehead atoms. The number of ether oxygens (including phenoxy) is 3. The van der Waals surface area contributed by atoms with E-state index in [1.54, 1.807) is 6.20 Å². The third-order valence-corrected chi connectivity index (χ3v) is 8.09. The van der Waals surface area contributed by atoms with Crippen LogP contribution in [0, 0.1) is 32.1 Å². The summed E-state index contributed by atoms with van der Waals surface area (Å²) < 4.78 is 18.1. The Morgan fingerprint density at radius 1 is 1.10 bits per heavy atom. The summed E-state index contributed by atoms with van der Waals surface area (Å²) in [5, 5.41) is 26.9. The van der Waals surface area contributed by atoms with Crippen molar-refractivity contribution in [2.24, 2.45) is 0 Å². The molecule has 206 valence electrons. The minimum atomic E-state index is -0.193. The van der Waals surface area contributed by atoms with Crippen LogP contribution in [-0.2, 0) is 4.74 Å². The van der Waals surface area contributed by atoms with Crippen LogP contribution < -0.4 is 9.47 Å². The molecule has 2 saturated heterocycles. The first-order chi connectivity index (χ1) is 19.4. The lowest BCUT2D eigenvalue weighted by molar-refractivity contribution is -0.0778. The summed E-state index contributed by atoms with van der Waals surface area (Å²) >= 11 is 0. The number of hydrogen-bond acceptors (Lipinski definition) is 8. The normalized spacial score (nSPS) is 17.4. The van der Waals surface area contributed by atoms with Gasteiger partial charge in [-0.1, -0.05) is 0 Å². The van der Waals surface area contributed by atoms with Gasteiger partial charge in [0.05, 0.1) is 42.2 Å². The predicted octanol–water partition coefficient (Wildman–Crippen LogP) is 5.20. The summed E-state index contributed by atoms with van der Waals surface area (Å²) in [5.74, 6) is 1.40. The second kappa shape index (κ2) is 10.9.